The van der Waals surface area contributed by atoms with Gasteiger partial charge in [0, 0.05) is 18.1 Å². The van der Waals surface area contributed by atoms with Crippen LogP contribution < -0.4 is 5.56 Å². The Morgan fingerprint density at radius 2 is 2.19 bits per heavy atom. The summed E-state index contributed by atoms with van der Waals surface area (Å²) in [6.45, 7) is 0.182. The Morgan fingerprint density at radius 1 is 1.38 bits per heavy atom. The highest BCUT2D eigenvalue weighted by molar-refractivity contribution is 6.00. The summed E-state index contributed by atoms with van der Waals surface area (Å²) >= 11 is 0. The number of aliphatic hydroxyl groups is 2. The van der Waals surface area contributed by atoms with Crippen molar-refractivity contribution in [2.75, 3.05) is 6.61 Å². The van der Waals surface area contributed by atoms with Crippen LogP contribution in [0.2, 0.25) is 0 Å². The van der Waals surface area contributed by atoms with Crippen molar-refractivity contribution in [1.29, 1.82) is 0 Å². The summed E-state index contributed by atoms with van der Waals surface area (Å²) in [5.74, 6) is 0. The molecular formula is C13H15ClN4O3. The molecule has 3 aromatic rings. The molecule has 3 aromatic heterocycles. The van der Waals surface area contributed by atoms with E-state index in [0.29, 0.717) is 29.6 Å². The number of nitrogens with one attached hydrogen (secondary N) is 1. The molecule has 0 amide bonds. The lowest BCUT2D eigenvalue weighted by Crippen LogP contribution is -2.15. The number of aromatic amines is 1. The molecular weight excluding hydrogens is 296 g/mol. The van der Waals surface area contributed by atoms with Crippen molar-refractivity contribution in [1.82, 2.24) is 19.5 Å². The minimum atomic E-state index is -0.779. The Morgan fingerprint density at radius 3 is 2.95 bits per heavy atom. The quantitative estimate of drug-likeness (QED) is 0.648. The van der Waals surface area contributed by atoms with Gasteiger partial charge in [-0.3, -0.25) is 4.79 Å². The third-order valence-electron chi connectivity index (χ3n) is 3.26. The number of pyridine rings is 2. The largest absolute Gasteiger partial charge is 0.394 e. The van der Waals surface area contributed by atoms with Gasteiger partial charge in [-0.1, -0.05) is 0 Å². The zero-order chi connectivity index (χ0) is 14.1. The summed E-state index contributed by atoms with van der Waals surface area (Å²) in [5.41, 5.74) is 1.27. The lowest BCUT2D eigenvalue weighted by Gasteiger charge is -2.09. The molecule has 3 N–H and O–H groups in total. The number of rotatable bonds is 4. The third kappa shape index (κ3) is 2.76. The van der Waals surface area contributed by atoms with E-state index in [1.165, 1.54) is 0 Å². The molecule has 8 heteroatoms. The summed E-state index contributed by atoms with van der Waals surface area (Å²) in [4.78, 5) is 22.9. The number of fused-ring (bicyclic) bond motifs is 3. The van der Waals surface area contributed by atoms with E-state index in [9.17, 15) is 9.90 Å². The van der Waals surface area contributed by atoms with Gasteiger partial charge in [0.1, 0.15) is 5.65 Å². The van der Waals surface area contributed by atoms with E-state index in [0.717, 1.165) is 5.39 Å². The standard InChI is InChI=1S/C13H14N4O3.ClH/c18-6-8(19)3-5-17-7-15-10-11(17)9-2-1-4-14-12(9)16-13(10)20;/h1-2,4,7-8,18-19H,3,5-6H2,(H,14,16,20);1H. The van der Waals surface area contributed by atoms with Gasteiger partial charge in [-0.25, -0.2) is 9.97 Å². The number of nitrogens with zero attached hydrogens (tertiary/aromatic N) is 3. The zero-order valence-corrected chi connectivity index (χ0v) is 11.9. The topological polar surface area (TPSA) is 104 Å². The van der Waals surface area contributed by atoms with Crippen molar-refractivity contribution in [2.24, 2.45) is 0 Å². The van der Waals surface area contributed by atoms with Gasteiger partial charge in [0.2, 0.25) is 0 Å². The number of aryl methyl sites for hydroxylation is 1. The first-order chi connectivity index (χ1) is 9.70. The lowest BCUT2D eigenvalue weighted by atomic mass is 10.2. The Labute approximate surface area is 125 Å². The molecule has 0 saturated carbocycles. The number of aliphatic hydroxyl groups excluding tert-OH is 2. The average molecular weight is 311 g/mol. The van der Waals surface area contributed by atoms with Gasteiger partial charge in [0.05, 0.1) is 24.6 Å². The van der Waals surface area contributed by atoms with Crippen molar-refractivity contribution < 1.29 is 10.2 Å². The molecule has 0 bridgehead atoms. The molecule has 7 nitrogen and oxygen atoms in total. The molecule has 0 spiro atoms. The maximum Gasteiger partial charge on any atom is 0.277 e. The van der Waals surface area contributed by atoms with Crippen LogP contribution in [0.25, 0.3) is 22.1 Å². The number of halogens is 1. The third-order valence-corrected chi connectivity index (χ3v) is 3.26. The Balaban J connectivity index is 0.00000161. The van der Waals surface area contributed by atoms with Crippen LogP contribution in [0.3, 0.4) is 0 Å². The van der Waals surface area contributed by atoms with E-state index < -0.39 is 6.10 Å². The first-order valence-electron chi connectivity index (χ1n) is 6.31. The molecule has 21 heavy (non-hydrogen) atoms. The fourth-order valence-electron chi connectivity index (χ4n) is 2.24. The van der Waals surface area contributed by atoms with Crippen LogP contribution in [-0.2, 0) is 6.54 Å². The number of hydrogen-bond donors (Lipinski definition) is 3. The number of H-pyrrole nitrogens is 1. The Kier molecular flexibility index (Phi) is 4.56. The van der Waals surface area contributed by atoms with Gasteiger partial charge in [0.25, 0.3) is 5.56 Å². The molecule has 0 aliphatic rings. The summed E-state index contributed by atoms with van der Waals surface area (Å²) < 4.78 is 1.80. The summed E-state index contributed by atoms with van der Waals surface area (Å²) in [6.07, 6.45) is 2.78. The van der Waals surface area contributed by atoms with Crippen LogP contribution >= 0.6 is 12.4 Å². The minimum Gasteiger partial charge on any atom is -0.394 e. The normalized spacial score (nSPS) is 12.5. The van der Waals surface area contributed by atoms with Crippen LogP contribution in [0, 0.1) is 0 Å². The van der Waals surface area contributed by atoms with Gasteiger partial charge in [-0.2, -0.15) is 0 Å². The fraction of sp³-hybridized carbons (Fsp3) is 0.308. The van der Waals surface area contributed by atoms with Gasteiger partial charge in [0.15, 0.2) is 5.52 Å². The number of imidazole rings is 1. The van der Waals surface area contributed by atoms with Crippen molar-refractivity contribution >= 4 is 34.5 Å². The zero-order valence-electron chi connectivity index (χ0n) is 11.1. The minimum absolute atomic E-state index is 0. The van der Waals surface area contributed by atoms with Gasteiger partial charge in [-0.15, -0.1) is 12.4 Å². The summed E-state index contributed by atoms with van der Waals surface area (Å²) in [7, 11) is 0. The van der Waals surface area contributed by atoms with Crippen LogP contribution in [0.15, 0.2) is 29.5 Å². The monoisotopic (exact) mass is 310 g/mol. The second kappa shape index (κ2) is 6.21. The second-order valence-electron chi connectivity index (χ2n) is 4.61. The SMILES string of the molecule is Cl.O=c1[nH]c2ncccc2c2c1ncn2CCC(O)CO. The molecule has 3 heterocycles. The van der Waals surface area contributed by atoms with E-state index in [1.807, 2.05) is 6.07 Å². The first kappa shape index (κ1) is 15.4. The maximum absolute atomic E-state index is 11.9. The molecule has 1 unspecified atom stereocenters. The molecule has 0 saturated heterocycles. The highest BCUT2D eigenvalue weighted by atomic mass is 35.5. The van der Waals surface area contributed by atoms with Crippen molar-refractivity contribution in [3.05, 3.63) is 35.0 Å². The van der Waals surface area contributed by atoms with Crippen LogP contribution in [0.4, 0.5) is 0 Å². The lowest BCUT2D eigenvalue weighted by molar-refractivity contribution is 0.0849. The van der Waals surface area contributed by atoms with E-state index in [2.05, 4.69) is 15.0 Å². The highest BCUT2D eigenvalue weighted by Gasteiger charge is 2.12. The van der Waals surface area contributed by atoms with Gasteiger partial charge < -0.3 is 19.8 Å². The molecule has 0 radical (unpaired) electrons. The van der Waals surface area contributed by atoms with Crippen LogP contribution in [0.1, 0.15) is 6.42 Å². The highest BCUT2D eigenvalue weighted by Crippen LogP contribution is 2.19. The molecule has 0 fully saturated rings. The van der Waals surface area contributed by atoms with E-state index in [-0.39, 0.29) is 24.6 Å². The summed E-state index contributed by atoms with van der Waals surface area (Å²) in [6, 6.07) is 3.65. The first-order valence-corrected chi connectivity index (χ1v) is 6.31. The predicted molar refractivity (Wildman–Crippen MR) is 80.6 cm³/mol. The van der Waals surface area contributed by atoms with E-state index in [4.69, 9.17) is 5.11 Å². The van der Waals surface area contributed by atoms with Gasteiger partial charge >= 0.3 is 0 Å². The van der Waals surface area contributed by atoms with E-state index >= 15 is 0 Å². The number of aromatic nitrogens is 4. The maximum atomic E-state index is 11.9. The Hall–Kier alpha value is -1.96. The molecule has 3 rings (SSSR count). The second-order valence-corrected chi connectivity index (χ2v) is 4.61. The smallest absolute Gasteiger partial charge is 0.277 e. The van der Waals surface area contributed by atoms with Crippen molar-refractivity contribution in [3.63, 3.8) is 0 Å². The molecule has 0 aliphatic heterocycles. The van der Waals surface area contributed by atoms with E-state index in [1.54, 1.807) is 23.2 Å². The Bertz CT molecular complexity index is 814. The van der Waals surface area contributed by atoms with Gasteiger partial charge in [-0.05, 0) is 18.6 Å². The predicted octanol–water partition coefficient (Wildman–Crippen LogP) is 0.438. The molecule has 0 aliphatic carbocycles. The molecule has 0 aromatic carbocycles. The van der Waals surface area contributed by atoms with Crippen LogP contribution in [-0.4, -0.2) is 42.4 Å². The molecule has 1 atom stereocenters. The average Bonchev–Trinajstić information content (AvgIpc) is 2.90. The fourth-order valence-corrected chi connectivity index (χ4v) is 2.24. The number of hydrogen-bond acceptors (Lipinski definition) is 5. The molecule has 112 valence electrons. The summed E-state index contributed by atoms with van der Waals surface area (Å²) in [5, 5.41) is 19.1. The van der Waals surface area contributed by atoms with Crippen LogP contribution in [0.5, 0.6) is 0 Å². The van der Waals surface area contributed by atoms with Crippen molar-refractivity contribution in [2.45, 2.75) is 19.1 Å². The van der Waals surface area contributed by atoms with Crippen molar-refractivity contribution in [3.8, 4) is 0 Å².